The topological polar surface area (TPSA) is 30.5 Å². The van der Waals surface area contributed by atoms with Crippen LogP contribution in [0.1, 0.15) is 18.1 Å². The SMILES string of the molecule is CCc1c(CNOC)cc(Cl)cc1OC. The monoisotopic (exact) mass is 229 g/mol. The Labute approximate surface area is 95.3 Å². The van der Waals surface area contributed by atoms with E-state index in [2.05, 4.69) is 12.4 Å². The molecular formula is C11H16ClNO2. The molecule has 0 fully saturated rings. The molecule has 0 spiro atoms. The number of hydroxylamine groups is 1. The van der Waals surface area contributed by atoms with E-state index >= 15 is 0 Å². The Morgan fingerprint density at radius 2 is 2.07 bits per heavy atom. The van der Waals surface area contributed by atoms with Gasteiger partial charge in [-0.3, -0.25) is 0 Å². The Hall–Kier alpha value is -0.770. The predicted octanol–water partition coefficient (Wildman–Crippen LogP) is 2.56. The first-order valence-electron chi connectivity index (χ1n) is 4.84. The van der Waals surface area contributed by atoms with Crippen LogP contribution < -0.4 is 10.2 Å². The molecule has 0 aliphatic rings. The zero-order valence-electron chi connectivity index (χ0n) is 9.26. The summed E-state index contributed by atoms with van der Waals surface area (Å²) in [6.45, 7) is 2.71. The smallest absolute Gasteiger partial charge is 0.123 e. The van der Waals surface area contributed by atoms with Crippen molar-refractivity contribution in [1.29, 1.82) is 0 Å². The Bertz CT molecular complexity index is 329. The van der Waals surface area contributed by atoms with Crippen molar-refractivity contribution in [2.45, 2.75) is 19.9 Å². The van der Waals surface area contributed by atoms with E-state index in [9.17, 15) is 0 Å². The molecule has 0 aliphatic heterocycles. The minimum absolute atomic E-state index is 0.622. The van der Waals surface area contributed by atoms with E-state index in [-0.39, 0.29) is 0 Å². The lowest BCUT2D eigenvalue weighted by atomic mass is 10.0. The average molecular weight is 230 g/mol. The van der Waals surface area contributed by atoms with Crippen LogP contribution in [0.2, 0.25) is 5.02 Å². The summed E-state index contributed by atoms with van der Waals surface area (Å²) in [5, 5.41) is 0.678. The molecule has 84 valence electrons. The van der Waals surface area contributed by atoms with Gasteiger partial charge in [0, 0.05) is 11.6 Å². The highest BCUT2D eigenvalue weighted by atomic mass is 35.5. The lowest BCUT2D eigenvalue weighted by Crippen LogP contribution is -2.12. The van der Waals surface area contributed by atoms with Crippen LogP contribution in [0.25, 0.3) is 0 Å². The number of rotatable bonds is 5. The van der Waals surface area contributed by atoms with Gasteiger partial charge in [0.15, 0.2) is 0 Å². The summed E-state index contributed by atoms with van der Waals surface area (Å²) in [6, 6.07) is 3.76. The van der Waals surface area contributed by atoms with Crippen LogP contribution in [0, 0.1) is 0 Å². The summed E-state index contributed by atoms with van der Waals surface area (Å²) in [5.41, 5.74) is 5.06. The maximum absolute atomic E-state index is 5.99. The number of nitrogens with one attached hydrogen (secondary N) is 1. The lowest BCUT2D eigenvalue weighted by Gasteiger charge is -2.13. The first-order valence-corrected chi connectivity index (χ1v) is 5.21. The zero-order valence-corrected chi connectivity index (χ0v) is 10.0. The highest BCUT2D eigenvalue weighted by Gasteiger charge is 2.09. The van der Waals surface area contributed by atoms with Crippen molar-refractivity contribution in [2.24, 2.45) is 0 Å². The van der Waals surface area contributed by atoms with Crippen LogP contribution in [-0.2, 0) is 17.8 Å². The van der Waals surface area contributed by atoms with E-state index < -0.39 is 0 Å². The molecule has 4 heteroatoms. The molecule has 0 radical (unpaired) electrons. The highest BCUT2D eigenvalue weighted by molar-refractivity contribution is 6.30. The van der Waals surface area contributed by atoms with Gasteiger partial charge in [-0.25, -0.2) is 0 Å². The second-order valence-corrected chi connectivity index (χ2v) is 3.56. The number of hydrogen-bond donors (Lipinski definition) is 1. The van der Waals surface area contributed by atoms with Crippen LogP contribution in [-0.4, -0.2) is 14.2 Å². The summed E-state index contributed by atoms with van der Waals surface area (Å²) >= 11 is 5.99. The van der Waals surface area contributed by atoms with E-state index in [4.69, 9.17) is 21.2 Å². The Morgan fingerprint density at radius 1 is 1.33 bits per heavy atom. The van der Waals surface area contributed by atoms with Crippen molar-refractivity contribution in [3.8, 4) is 5.75 Å². The van der Waals surface area contributed by atoms with Crippen LogP contribution in [0.3, 0.4) is 0 Å². The molecule has 0 saturated heterocycles. The second kappa shape index (κ2) is 5.95. The molecule has 15 heavy (non-hydrogen) atoms. The van der Waals surface area contributed by atoms with Crippen LogP contribution >= 0.6 is 11.6 Å². The van der Waals surface area contributed by atoms with Crippen molar-refractivity contribution >= 4 is 11.6 Å². The standard InChI is InChI=1S/C11H16ClNO2/c1-4-10-8(7-13-15-3)5-9(12)6-11(10)14-2/h5-6,13H,4,7H2,1-3H3. The fourth-order valence-electron chi connectivity index (χ4n) is 1.56. The third-order valence-electron chi connectivity index (χ3n) is 2.25. The highest BCUT2D eigenvalue weighted by Crippen LogP contribution is 2.27. The quantitative estimate of drug-likeness (QED) is 0.788. The summed E-state index contributed by atoms with van der Waals surface area (Å²) < 4.78 is 5.28. The molecule has 1 rings (SSSR count). The Morgan fingerprint density at radius 3 is 2.60 bits per heavy atom. The molecular weight excluding hydrogens is 214 g/mol. The fraction of sp³-hybridized carbons (Fsp3) is 0.455. The summed E-state index contributed by atoms with van der Waals surface area (Å²) in [7, 11) is 3.24. The number of halogens is 1. The summed E-state index contributed by atoms with van der Waals surface area (Å²) in [6.07, 6.45) is 0.904. The van der Waals surface area contributed by atoms with Crippen molar-refractivity contribution < 1.29 is 9.57 Å². The first kappa shape index (κ1) is 12.3. The van der Waals surface area contributed by atoms with Crippen molar-refractivity contribution in [3.05, 3.63) is 28.3 Å². The Balaban J connectivity index is 3.05. The van der Waals surface area contributed by atoms with Crippen LogP contribution in [0.5, 0.6) is 5.75 Å². The molecule has 3 nitrogen and oxygen atoms in total. The fourth-order valence-corrected chi connectivity index (χ4v) is 1.79. The summed E-state index contributed by atoms with van der Waals surface area (Å²) in [5.74, 6) is 0.831. The van der Waals surface area contributed by atoms with Crippen LogP contribution in [0.15, 0.2) is 12.1 Å². The van der Waals surface area contributed by atoms with Crippen molar-refractivity contribution in [2.75, 3.05) is 14.2 Å². The molecule has 1 N–H and O–H groups in total. The van der Waals surface area contributed by atoms with E-state index in [1.807, 2.05) is 12.1 Å². The molecule has 0 heterocycles. The molecule has 0 aliphatic carbocycles. The van der Waals surface area contributed by atoms with E-state index in [0.29, 0.717) is 11.6 Å². The predicted molar refractivity (Wildman–Crippen MR) is 61.2 cm³/mol. The molecule has 0 bridgehead atoms. The molecule has 0 amide bonds. The molecule has 0 atom stereocenters. The van der Waals surface area contributed by atoms with Gasteiger partial charge in [0.25, 0.3) is 0 Å². The number of ether oxygens (including phenoxy) is 1. The van der Waals surface area contributed by atoms with Gasteiger partial charge in [0.05, 0.1) is 14.2 Å². The second-order valence-electron chi connectivity index (χ2n) is 3.12. The molecule has 1 aromatic carbocycles. The van der Waals surface area contributed by atoms with Gasteiger partial charge in [-0.15, -0.1) is 0 Å². The largest absolute Gasteiger partial charge is 0.496 e. The van der Waals surface area contributed by atoms with E-state index in [1.165, 1.54) is 0 Å². The van der Waals surface area contributed by atoms with E-state index in [1.54, 1.807) is 14.2 Å². The maximum Gasteiger partial charge on any atom is 0.123 e. The molecule has 0 saturated carbocycles. The third-order valence-corrected chi connectivity index (χ3v) is 2.46. The normalized spacial score (nSPS) is 10.4. The molecule has 1 aromatic rings. The van der Waals surface area contributed by atoms with E-state index in [0.717, 1.165) is 23.3 Å². The van der Waals surface area contributed by atoms with Gasteiger partial charge in [-0.05, 0) is 29.7 Å². The van der Waals surface area contributed by atoms with Gasteiger partial charge >= 0.3 is 0 Å². The Kier molecular flexibility index (Phi) is 4.88. The average Bonchev–Trinajstić information content (AvgIpc) is 2.25. The van der Waals surface area contributed by atoms with Gasteiger partial charge in [0.2, 0.25) is 0 Å². The number of methoxy groups -OCH3 is 1. The van der Waals surface area contributed by atoms with Gasteiger partial charge in [0.1, 0.15) is 5.75 Å². The van der Waals surface area contributed by atoms with Gasteiger partial charge in [-0.2, -0.15) is 5.48 Å². The maximum atomic E-state index is 5.99. The summed E-state index contributed by atoms with van der Waals surface area (Å²) in [4.78, 5) is 4.82. The number of hydrogen-bond acceptors (Lipinski definition) is 3. The zero-order chi connectivity index (χ0) is 11.3. The molecule has 0 aromatic heterocycles. The lowest BCUT2D eigenvalue weighted by molar-refractivity contribution is 0.0865. The molecule has 0 unspecified atom stereocenters. The first-order chi connectivity index (χ1) is 7.22. The minimum Gasteiger partial charge on any atom is -0.496 e. The van der Waals surface area contributed by atoms with Gasteiger partial charge in [-0.1, -0.05) is 18.5 Å². The van der Waals surface area contributed by atoms with Crippen LogP contribution in [0.4, 0.5) is 0 Å². The minimum atomic E-state index is 0.622. The number of benzene rings is 1. The third kappa shape index (κ3) is 3.09. The van der Waals surface area contributed by atoms with Crippen molar-refractivity contribution in [1.82, 2.24) is 5.48 Å². The van der Waals surface area contributed by atoms with Gasteiger partial charge < -0.3 is 9.57 Å². The van der Waals surface area contributed by atoms with Crippen molar-refractivity contribution in [3.63, 3.8) is 0 Å².